The van der Waals surface area contributed by atoms with Crippen LogP contribution < -0.4 is 5.32 Å². The highest BCUT2D eigenvalue weighted by Gasteiger charge is 2.29. The van der Waals surface area contributed by atoms with Crippen LogP contribution in [0.4, 0.5) is 4.79 Å². The third kappa shape index (κ3) is 3.45. The van der Waals surface area contributed by atoms with E-state index >= 15 is 0 Å². The van der Waals surface area contributed by atoms with Crippen LogP contribution in [0.25, 0.3) is 0 Å². The Hall–Kier alpha value is -1.59. The van der Waals surface area contributed by atoms with E-state index in [9.17, 15) is 4.79 Å². The zero-order valence-electron chi connectivity index (χ0n) is 10.0. The molecule has 1 aliphatic heterocycles. The van der Waals surface area contributed by atoms with Gasteiger partial charge in [0.25, 0.3) is 0 Å². The summed E-state index contributed by atoms with van der Waals surface area (Å²) in [5, 5.41) is 11.8. The number of alkyl carbamates (subject to hydrolysis) is 1. The molecule has 0 saturated carbocycles. The molecule has 5 nitrogen and oxygen atoms in total. The van der Waals surface area contributed by atoms with Gasteiger partial charge in [-0.3, -0.25) is 0 Å². The standard InChI is InChI=1S/C13H17NO4/c15-6-11-8-17-9-12(11)14-13(16)18-7-10-4-2-1-3-5-10/h1-5,11-12,15H,6-9H2,(H,14,16). The zero-order chi connectivity index (χ0) is 12.8. The van der Waals surface area contributed by atoms with Crippen molar-refractivity contribution < 1.29 is 19.4 Å². The number of carbonyl (C=O) groups is 1. The van der Waals surface area contributed by atoms with Crippen molar-refractivity contribution in [3.8, 4) is 0 Å². The van der Waals surface area contributed by atoms with Crippen molar-refractivity contribution >= 4 is 6.09 Å². The molecule has 0 aromatic heterocycles. The summed E-state index contributed by atoms with van der Waals surface area (Å²) in [6, 6.07) is 9.31. The summed E-state index contributed by atoms with van der Waals surface area (Å²) in [5.74, 6) is -0.0470. The van der Waals surface area contributed by atoms with Crippen molar-refractivity contribution in [3.63, 3.8) is 0 Å². The molecule has 1 saturated heterocycles. The minimum atomic E-state index is -0.479. The van der Waals surface area contributed by atoms with Crippen LogP contribution in [-0.4, -0.2) is 37.1 Å². The monoisotopic (exact) mass is 251 g/mol. The summed E-state index contributed by atoms with van der Waals surface area (Å²) in [4.78, 5) is 11.6. The molecule has 0 aliphatic carbocycles. The molecular formula is C13H17NO4. The van der Waals surface area contributed by atoms with Crippen LogP contribution in [0.3, 0.4) is 0 Å². The molecule has 2 atom stereocenters. The molecule has 98 valence electrons. The molecule has 18 heavy (non-hydrogen) atoms. The van der Waals surface area contributed by atoms with Crippen molar-refractivity contribution in [2.24, 2.45) is 5.92 Å². The molecule has 2 unspecified atom stereocenters. The van der Waals surface area contributed by atoms with E-state index in [1.54, 1.807) is 0 Å². The lowest BCUT2D eigenvalue weighted by atomic mass is 10.1. The van der Waals surface area contributed by atoms with Gasteiger partial charge >= 0.3 is 6.09 Å². The van der Waals surface area contributed by atoms with Gasteiger partial charge in [-0.25, -0.2) is 4.79 Å². The predicted octanol–water partition coefficient (Wildman–Crippen LogP) is 0.920. The van der Waals surface area contributed by atoms with Gasteiger partial charge in [-0.2, -0.15) is 0 Å². The Kier molecular flexibility index (Phi) is 4.55. The smallest absolute Gasteiger partial charge is 0.407 e. The molecule has 0 spiro atoms. The van der Waals surface area contributed by atoms with Gasteiger partial charge in [0.15, 0.2) is 0 Å². The van der Waals surface area contributed by atoms with Crippen LogP contribution in [0.5, 0.6) is 0 Å². The van der Waals surface area contributed by atoms with Gasteiger partial charge in [0.1, 0.15) is 6.61 Å². The molecule has 5 heteroatoms. The normalized spacial score (nSPS) is 22.7. The number of rotatable bonds is 4. The summed E-state index contributed by atoms with van der Waals surface area (Å²) in [5.41, 5.74) is 0.939. The molecule has 1 heterocycles. The van der Waals surface area contributed by atoms with Crippen LogP contribution >= 0.6 is 0 Å². The number of carbonyl (C=O) groups excluding carboxylic acids is 1. The van der Waals surface area contributed by atoms with E-state index in [0.717, 1.165) is 5.56 Å². The Morgan fingerprint density at radius 3 is 2.89 bits per heavy atom. The Bertz CT molecular complexity index is 382. The van der Waals surface area contributed by atoms with E-state index in [0.29, 0.717) is 13.2 Å². The summed E-state index contributed by atoms with van der Waals surface area (Å²) in [6.45, 7) is 1.14. The van der Waals surface area contributed by atoms with Crippen LogP contribution in [0.2, 0.25) is 0 Å². The predicted molar refractivity (Wildman–Crippen MR) is 64.9 cm³/mol. The minimum Gasteiger partial charge on any atom is -0.445 e. The molecule has 0 bridgehead atoms. The van der Waals surface area contributed by atoms with Crippen molar-refractivity contribution in [1.82, 2.24) is 5.32 Å². The number of amides is 1. The maximum atomic E-state index is 11.6. The van der Waals surface area contributed by atoms with E-state index in [-0.39, 0.29) is 25.2 Å². The van der Waals surface area contributed by atoms with E-state index in [2.05, 4.69) is 5.32 Å². The summed E-state index contributed by atoms with van der Waals surface area (Å²) in [6.07, 6.45) is -0.479. The van der Waals surface area contributed by atoms with Gasteiger partial charge in [-0.15, -0.1) is 0 Å². The van der Waals surface area contributed by atoms with Crippen molar-refractivity contribution in [3.05, 3.63) is 35.9 Å². The SMILES string of the molecule is O=C(NC1COCC1CO)OCc1ccccc1. The highest BCUT2D eigenvalue weighted by molar-refractivity contribution is 5.67. The number of hydrogen-bond acceptors (Lipinski definition) is 4. The quantitative estimate of drug-likeness (QED) is 0.835. The Morgan fingerprint density at radius 1 is 1.39 bits per heavy atom. The molecule has 1 aliphatic rings. The molecule has 0 radical (unpaired) electrons. The minimum absolute atomic E-state index is 0.00360. The lowest BCUT2D eigenvalue weighted by molar-refractivity contribution is 0.130. The second-order valence-electron chi connectivity index (χ2n) is 4.29. The van der Waals surface area contributed by atoms with Crippen LogP contribution in [0, 0.1) is 5.92 Å². The van der Waals surface area contributed by atoms with Gasteiger partial charge in [0.05, 0.1) is 25.9 Å². The third-order valence-electron chi connectivity index (χ3n) is 2.95. The third-order valence-corrected chi connectivity index (χ3v) is 2.95. The van der Waals surface area contributed by atoms with E-state index in [1.165, 1.54) is 0 Å². The number of aliphatic hydroxyl groups is 1. The molecule has 1 fully saturated rings. The molecule has 2 rings (SSSR count). The number of benzene rings is 1. The Labute approximate surface area is 106 Å². The summed E-state index contributed by atoms with van der Waals surface area (Å²) < 4.78 is 10.3. The number of aliphatic hydroxyl groups excluding tert-OH is 1. The van der Waals surface area contributed by atoms with Crippen molar-refractivity contribution in [1.29, 1.82) is 0 Å². The number of hydrogen-bond donors (Lipinski definition) is 2. The molecule has 1 amide bonds. The average Bonchev–Trinajstić information content (AvgIpc) is 2.85. The maximum Gasteiger partial charge on any atom is 0.407 e. The van der Waals surface area contributed by atoms with E-state index < -0.39 is 6.09 Å². The highest BCUT2D eigenvalue weighted by atomic mass is 16.5. The Morgan fingerprint density at radius 2 is 2.17 bits per heavy atom. The van der Waals surface area contributed by atoms with Gasteiger partial charge in [0.2, 0.25) is 0 Å². The fraction of sp³-hybridized carbons (Fsp3) is 0.462. The topological polar surface area (TPSA) is 67.8 Å². The largest absolute Gasteiger partial charge is 0.445 e. The first-order valence-corrected chi connectivity index (χ1v) is 5.95. The van der Waals surface area contributed by atoms with Crippen LogP contribution in [0.1, 0.15) is 5.56 Å². The zero-order valence-corrected chi connectivity index (χ0v) is 10.0. The first kappa shape index (κ1) is 12.9. The average molecular weight is 251 g/mol. The van der Waals surface area contributed by atoms with Gasteiger partial charge in [0, 0.05) is 5.92 Å². The number of ether oxygens (including phenoxy) is 2. The summed E-state index contributed by atoms with van der Waals surface area (Å²) >= 11 is 0. The first-order valence-electron chi connectivity index (χ1n) is 5.95. The molecule has 1 aromatic rings. The fourth-order valence-electron chi connectivity index (χ4n) is 1.85. The van der Waals surface area contributed by atoms with Crippen molar-refractivity contribution in [2.75, 3.05) is 19.8 Å². The van der Waals surface area contributed by atoms with Gasteiger partial charge in [-0.05, 0) is 5.56 Å². The van der Waals surface area contributed by atoms with Gasteiger partial charge < -0.3 is 19.9 Å². The van der Waals surface area contributed by atoms with E-state index in [4.69, 9.17) is 14.6 Å². The van der Waals surface area contributed by atoms with Crippen molar-refractivity contribution in [2.45, 2.75) is 12.6 Å². The molecular weight excluding hydrogens is 234 g/mol. The van der Waals surface area contributed by atoms with Crippen LogP contribution in [-0.2, 0) is 16.1 Å². The maximum absolute atomic E-state index is 11.6. The van der Waals surface area contributed by atoms with Crippen LogP contribution in [0.15, 0.2) is 30.3 Å². The Balaban J connectivity index is 1.75. The first-order chi connectivity index (χ1) is 8.79. The lowest BCUT2D eigenvalue weighted by Crippen LogP contribution is -2.41. The summed E-state index contributed by atoms with van der Waals surface area (Å²) in [7, 11) is 0. The second-order valence-corrected chi connectivity index (χ2v) is 4.29. The second kappa shape index (κ2) is 6.37. The highest BCUT2D eigenvalue weighted by Crippen LogP contribution is 2.13. The lowest BCUT2D eigenvalue weighted by Gasteiger charge is -2.16. The van der Waals surface area contributed by atoms with E-state index in [1.807, 2.05) is 30.3 Å². The van der Waals surface area contributed by atoms with Gasteiger partial charge in [-0.1, -0.05) is 30.3 Å². The molecule has 1 aromatic carbocycles. The molecule has 2 N–H and O–H groups in total. The fourth-order valence-corrected chi connectivity index (χ4v) is 1.85. The number of nitrogens with one attached hydrogen (secondary N) is 1.